The fourth-order valence-electron chi connectivity index (χ4n) is 7.94. The molecule has 2 N–H and O–H groups in total. The van der Waals surface area contributed by atoms with Crippen LogP contribution in [-0.2, 0) is 41.7 Å². The van der Waals surface area contributed by atoms with Crippen molar-refractivity contribution in [3.8, 4) is 0 Å². The number of carbonyl (C=O) groups excluding carboxylic acids is 6. The van der Waals surface area contributed by atoms with Crippen LogP contribution in [0.4, 0.5) is 4.79 Å². The number of nitrogens with one attached hydrogen (secondary N) is 2. The number of Topliss-reactive ketones (excluding diaryl/α,β-unsaturated/α-hetero) is 3. The van der Waals surface area contributed by atoms with E-state index in [1.165, 1.54) is 0 Å². The van der Waals surface area contributed by atoms with Gasteiger partial charge >= 0.3 is 6.09 Å². The first-order valence-electron chi connectivity index (χ1n) is 21.6. The van der Waals surface area contributed by atoms with Gasteiger partial charge in [0, 0.05) is 55.5 Å². The summed E-state index contributed by atoms with van der Waals surface area (Å²) in [5, 5.41) is 6.81. The molecule has 2 heterocycles. The Kier molecular flexibility index (Phi) is 19.3. The summed E-state index contributed by atoms with van der Waals surface area (Å²) in [7, 11) is 0. The minimum Gasteiger partial charge on any atom is -0.445 e. The molecule has 0 radical (unpaired) electrons. The molecule has 6 atom stereocenters. The number of rotatable bonds is 23. The van der Waals surface area contributed by atoms with Crippen molar-refractivity contribution in [2.75, 3.05) is 19.6 Å². The van der Waals surface area contributed by atoms with Crippen LogP contribution >= 0.6 is 11.8 Å². The molecular formula is C47H66N4O7S. The molecule has 322 valence electrons. The third-order valence-corrected chi connectivity index (χ3v) is 12.5. The normalized spacial score (nSPS) is 18.7. The van der Waals surface area contributed by atoms with Crippen molar-refractivity contribution in [3.05, 3.63) is 71.8 Å². The molecule has 3 amide bonds. The van der Waals surface area contributed by atoms with Crippen LogP contribution in [0.15, 0.2) is 65.7 Å². The Hall–Kier alpha value is -4.32. The zero-order chi connectivity index (χ0) is 42.9. The Bertz CT molecular complexity index is 1730. The Morgan fingerprint density at radius 2 is 1.56 bits per heavy atom. The molecule has 59 heavy (non-hydrogen) atoms. The van der Waals surface area contributed by atoms with Crippen molar-refractivity contribution < 1.29 is 33.5 Å². The number of alkyl carbamates (subject to hydrolysis) is 1. The topological polar surface area (TPSA) is 151 Å². The number of aliphatic imine (C=N–C) groups is 1. The van der Waals surface area contributed by atoms with Crippen LogP contribution in [0.3, 0.4) is 0 Å². The van der Waals surface area contributed by atoms with Crippen LogP contribution in [0.5, 0.6) is 0 Å². The number of likely N-dealkylation sites (tertiary alicyclic amines) is 1. The van der Waals surface area contributed by atoms with Gasteiger partial charge in [-0.05, 0) is 67.9 Å². The second-order valence-corrected chi connectivity index (χ2v) is 18.6. The van der Waals surface area contributed by atoms with E-state index in [9.17, 15) is 28.8 Å². The van der Waals surface area contributed by atoms with Gasteiger partial charge in [0.05, 0.1) is 23.5 Å². The predicted octanol–water partition coefficient (Wildman–Crippen LogP) is 7.78. The number of benzene rings is 2. The molecule has 0 saturated carbocycles. The number of hydrogen-bond acceptors (Lipinski definition) is 9. The lowest BCUT2D eigenvalue weighted by Crippen LogP contribution is -2.48. The van der Waals surface area contributed by atoms with Gasteiger partial charge in [0.25, 0.3) is 0 Å². The van der Waals surface area contributed by atoms with Crippen LogP contribution in [0.2, 0.25) is 0 Å². The third kappa shape index (κ3) is 15.7. The van der Waals surface area contributed by atoms with Gasteiger partial charge in [-0.3, -0.25) is 29.0 Å². The molecule has 2 aliphatic heterocycles. The lowest BCUT2D eigenvalue weighted by molar-refractivity contribution is -0.143. The number of nitrogens with zero attached hydrogens (tertiary/aromatic N) is 2. The Morgan fingerprint density at radius 1 is 0.881 bits per heavy atom. The maximum atomic E-state index is 14.3. The molecule has 1 saturated heterocycles. The highest BCUT2D eigenvalue weighted by Gasteiger charge is 2.40. The molecule has 12 heteroatoms. The number of amides is 3. The summed E-state index contributed by atoms with van der Waals surface area (Å²) in [5.74, 6) is -2.28. The van der Waals surface area contributed by atoms with E-state index in [1.54, 1.807) is 16.7 Å². The maximum absolute atomic E-state index is 14.3. The van der Waals surface area contributed by atoms with E-state index < -0.39 is 35.9 Å². The first-order valence-corrected chi connectivity index (χ1v) is 22.5. The lowest BCUT2D eigenvalue weighted by atomic mass is 9.85. The fourth-order valence-corrected chi connectivity index (χ4v) is 9.02. The molecule has 0 spiro atoms. The van der Waals surface area contributed by atoms with E-state index in [2.05, 4.69) is 36.4 Å². The number of thioether (sulfide) groups is 1. The highest BCUT2D eigenvalue weighted by Crippen LogP contribution is 2.29. The van der Waals surface area contributed by atoms with Crippen molar-refractivity contribution >= 4 is 52.1 Å². The third-order valence-electron chi connectivity index (χ3n) is 11.3. The van der Waals surface area contributed by atoms with Crippen LogP contribution in [0.1, 0.15) is 110 Å². The van der Waals surface area contributed by atoms with Crippen molar-refractivity contribution in [3.63, 3.8) is 0 Å². The van der Waals surface area contributed by atoms with Gasteiger partial charge in [0.2, 0.25) is 11.8 Å². The minimum absolute atomic E-state index is 0.0538. The molecule has 2 aromatic rings. The van der Waals surface area contributed by atoms with Gasteiger partial charge in [-0.1, -0.05) is 102 Å². The van der Waals surface area contributed by atoms with Gasteiger partial charge in [-0.2, -0.15) is 0 Å². The molecule has 11 nitrogen and oxygen atoms in total. The van der Waals surface area contributed by atoms with E-state index in [1.807, 2.05) is 81.4 Å². The summed E-state index contributed by atoms with van der Waals surface area (Å²) in [6.07, 6.45) is 3.46. The van der Waals surface area contributed by atoms with E-state index in [0.29, 0.717) is 49.9 Å². The van der Waals surface area contributed by atoms with Crippen molar-refractivity contribution in [2.45, 2.75) is 130 Å². The molecule has 2 aliphatic rings. The average molecular weight is 831 g/mol. The molecule has 4 rings (SSSR count). The average Bonchev–Trinajstić information content (AvgIpc) is 3.70. The lowest BCUT2D eigenvalue weighted by Gasteiger charge is -2.30. The highest BCUT2D eigenvalue weighted by atomic mass is 32.2. The number of carbonyl (C=O) groups is 6. The predicted molar refractivity (Wildman–Crippen MR) is 234 cm³/mol. The second kappa shape index (κ2) is 24.1. The Balaban J connectivity index is 1.42. The smallest absolute Gasteiger partial charge is 0.407 e. The summed E-state index contributed by atoms with van der Waals surface area (Å²) in [5.41, 5.74) is 1.82. The van der Waals surface area contributed by atoms with Crippen LogP contribution < -0.4 is 10.6 Å². The van der Waals surface area contributed by atoms with Gasteiger partial charge in [0.15, 0.2) is 11.6 Å². The second-order valence-electron chi connectivity index (χ2n) is 17.1. The molecule has 2 aromatic carbocycles. The first kappa shape index (κ1) is 47.4. The zero-order valence-corrected chi connectivity index (χ0v) is 36.8. The quantitative estimate of drug-likeness (QED) is 0.108. The van der Waals surface area contributed by atoms with E-state index in [0.717, 1.165) is 29.0 Å². The van der Waals surface area contributed by atoms with Crippen molar-refractivity contribution in [1.82, 2.24) is 15.5 Å². The van der Waals surface area contributed by atoms with Crippen LogP contribution in [-0.4, -0.2) is 82.2 Å². The summed E-state index contributed by atoms with van der Waals surface area (Å²) in [4.78, 5) is 88.4. The van der Waals surface area contributed by atoms with Crippen molar-refractivity contribution in [2.24, 2.45) is 34.6 Å². The summed E-state index contributed by atoms with van der Waals surface area (Å²) in [6, 6.07) is 17.5. The van der Waals surface area contributed by atoms with E-state index >= 15 is 0 Å². The summed E-state index contributed by atoms with van der Waals surface area (Å²) in [6.45, 7) is 13.4. The maximum Gasteiger partial charge on any atom is 0.407 e. The highest BCUT2D eigenvalue weighted by molar-refractivity contribution is 8.14. The van der Waals surface area contributed by atoms with E-state index in [4.69, 9.17) is 4.74 Å². The number of ketones is 3. The molecular weight excluding hydrogens is 765 g/mol. The Morgan fingerprint density at radius 3 is 2.20 bits per heavy atom. The van der Waals surface area contributed by atoms with Crippen LogP contribution in [0.25, 0.3) is 0 Å². The van der Waals surface area contributed by atoms with Gasteiger partial charge < -0.3 is 20.3 Å². The number of hydrogen-bond donors (Lipinski definition) is 2. The molecule has 1 fully saturated rings. The van der Waals surface area contributed by atoms with Gasteiger partial charge in [-0.25, -0.2) is 4.79 Å². The minimum atomic E-state index is -0.847. The first-order chi connectivity index (χ1) is 28.2. The Labute approximate surface area is 355 Å². The zero-order valence-electron chi connectivity index (χ0n) is 36.0. The molecule has 2 unspecified atom stereocenters. The van der Waals surface area contributed by atoms with Crippen molar-refractivity contribution in [1.29, 1.82) is 0 Å². The van der Waals surface area contributed by atoms with E-state index in [-0.39, 0.29) is 73.9 Å². The monoisotopic (exact) mass is 830 g/mol. The van der Waals surface area contributed by atoms with Gasteiger partial charge in [0.1, 0.15) is 12.4 Å². The van der Waals surface area contributed by atoms with Gasteiger partial charge in [-0.15, -0.1) is 11.8 Å². The number of ether oxygens (including phenoxy) is 1. The SMILES string of the molecule is CC(C)C[C@H](C)C(=O)C[C@H](Cc1ccccc1)C(=O)N1CCC[C@H]1C(=O)C[C@H](C(=O)NC(CCCNC(=O)OCc1ccccc1)C(=O)CC1=NCCC(C)S1)C(C)C. The van der Waals surface area contributed by atoms with Crippen LogP contribution in [0, 0.1) is 29.6 Å². The standard InChI is InChI=1S/C47H66N4O7S/c1-31(2)25-33(5)41(52)27-37(26-35-15-9-7-10-16-35)46(56)51-24-14-20-40(51)43(54)28-38(32(3)4)45(55)50-39(42(53)29-44-48-23-21-34(6)59-44)19-13-22-49-47(57)58-30-36-17-11-8-12-18-36/h7-12,15-18,31-34,37-40H,13-14,19-30H2,1-6H3,(H,49,57)(H,50,55)/t33-,34?,37-,38-,39?,40-/m0/s1. The summed E-state index contributed by atoms with van der Waals surface area (Å²) < 4.78 is 5.32. The fraction of sp³-hybridized carbons (Fsp3) is 0.596. The molecule has 0 aliphatic carbocycles. The summed E-state index contributed by atoms with van der Waals surface area (Å²) >= 11 is 1.58. The largest absolute Gasteiger partial charge is 0.445 e. The molecule has 0 bridgehead atoms. The molecule has 0 aromatic heterocycles.